The van der Waals surface area contributed by atoms with E-state index in [0.29, 0.717) is 0 Å². The van der Waals surface area contributed by atoms with Gasteiger partial charge in [0.25, 0.3) is 0 Å². The van der Waals surface area contributed by atoms with Crippen molar-refractivity contribution in [2.24, 2.45) is 0 Å². The molecule has 0 saturated heterocycles. The van der Waals surface area contributed by atoms with E-state index >= 15 is 0 Å². The Bertz CT molecular complexity index is 3150. The Morgan fingerprint density at radius 2 is 1.02 bits per heavy atom. The number of para-hydroxylation sites is 4. The van der Waals surface area contributed by atoms with Crippen molar-refractivity contribution in [3.63, 3.8) is 0 Å². The van der Waals surface area contributed by atoms with E-state index in [9.17, 15) is 0 Å². The van der Waals surface area contributed by atoms with E-state index in [-0.39, 0.29) is 0 Å². The lowest BCUT2D eigenvalue weighted by molar-refractivity contribution is 1.08. The highest BCUT2D eigenvalue weighted by Crippen LogP contribution is 2.42. The van der Waals surface area contributed by atoms with Gasteiger partial charge in [-0.25, -0.2) is 9.97 Å². The molecule has 50 heavy (non-hydrogen) atoms. The lowest BCUT2D eigenvalue weighted by Gasteiger charge is -2.14. The predicted octanol–water partition coefficient (Wildman–Crippen LogP) is 11.8. The molecule has 8 aromatic carbocycles. The molecule has 3 heterocycles. The lowest BCUT2D eigenvalue weighted by atomic mass is 10.0. The molecule has 0 aliphatic carbocycles. The van der Waals surface area contributed by atoms with Crippen molar-refractivity contribution in [3.8, 4) is 22.8 Å². The molecule has 0 amide bonds. The van der Waals surface area contributed by atoms with Gasteiger partial charge >= 0.3 is 0 Å². The Labute approximate surface area is 287 Å². The molecule has 0 aliphatic heterocycles. The largest absolute Gasteiger partial charge is 0.309 e. The Balaban J connectivity index is 1.31. The van der Waals surface area contributed by atoms with Crippen molar-refractivity contribution in [3.05, 3.63) is 170 Å². The number of hydrogen-bond acceptors (Lipinski definition) is 2. The number of benzene rings is 8. The lowest BCUT2D eigenvalue weighted by Crippen LogP contribution is -2.04. The van der Waals surface area contributed by atoms with Gasteiger partial charge in [0.15, 0.2) is 5.82 Å². The summed E-state index contributed by atoms with van der Waals surface area (Å²) >= 11 is 0. The Kier molecular flexibility index (Phi) is 5.63. The van der Waals surface area contributed by atoms with Gasteiger partial charge in [-0.1, -0.05) is 115 Å². The summed E-state index contributed by atoms with van der Waals surface area (Å²) < 4.78 is 4.74. The van der Waals surface area contributed by atoms with Crippen LogP contribution in [0.25, 0.3) is 99.0 Å². The topological polar surface area (TPSA) is 35.6 Å². The molecule has 0 unspecified atom stereocenters. The molecule has 4 heteroatoms. The van der Waals surface area contributed by atoms with Crippen molar-refractivity contribution in [1.29, 1.82) is 0 Å². The zero-order valence-corrected chi connectivity index (χ0v) is 27.0. The molecule has 11 rings (SSSR count). The van der Waals surface area contributed by atoms with Crippen LogP contribution in [0.15, 0.2) is 170 Å². The summed E-state index contributed by atoms with van der Waals surface area (Å²) in [6, 6.07) is 60.7. The van der Waals surface area contributed by atoms with E-state index in [1.165, 1.54) is 48.6 Å². The fourth-order valence-electron chi connectivity index (χ4n) is 8.01. The van der Waals surface area contributed by atoms with Crippen molar-refractivity contribution in [2.75, 3.05) is 0 Å². The first-order chi connectivity index (χ1) is 24.8. The fourth-order valence-corrected chi connectivity index (χ4v) is 8.01. The van der Waals surface area contributed by atoms with Gasteiger partial charge in [-0.15, -0.1) is 0 Å². The first-order valence-corrected chi connectivity index (χ1v) is 17.0. The molecule has 0 bridgehead atoms. The fraction of sp³-hybridized carbons (Fsp3) is 0. The maximum absolute atomic E-state index is 5.41. The van der Waals surface area contributed by atoms with Crippen LogP contribution < -0.4 is 0 Å². The van der Waals surface area contributed by atoms with Gasteiger partial charge in [-0.3, -0.25) is 4.57 Å². The zero-order valence-electron chi connectivity index (χ0n) is 27.0. The molecule has 0 spiro atoms. The van der Waals surface area contributed by atoms with Gasteiger partial charge in [0, 0.05) is 32.8 Å². The third kappa shape index (κ3) is 3.87. The normalized spacial score (nSPS) is 12.0. The van der Waals surface area contributed by atoms with Crippen LogP contribution in [0.4, 0.5) is 0 Å². The van der Waals surface area contributed by atoms with Crippen molar-refractivity contribution in [2.45, 2.75) is 0 Å². The summed E-state index contributed by atoms with van der Waals surface area (Å²) in [7, 11) is 0. The maximum atomic E-state index is 5.41. The molecule has 0 saturated carbocycles. The minimum Gasteiger partial charge on any atom is -0.309 e. The van der Waals surface area contributed by atoms with Crippen LogP contribution in [0.3, 0.4) is 0 Å². The third-order valence-electron chi connectivity index (χ3n) is 10.2. The first-order valence-electron chi connectivity index (χ1n) is 17.0. The van der Waals surface area contributed by atoms with Crippen LogP contribution in [0.5, 0.6) is 0 Å². The van der Waals surface area contributed by atoms with Crippen LogP contribution in [0.1, 0.15) is 0 Å². The SMILES string of the molecule is c1ccc(-n2c3cc4c(cc3c3c5ccccc5ccc32)c2ccccc2n4-c2nc3ccccc3nc2-c2ccc3ccccc3c2)cc1. The second kappa shape index (κ2) is 10.4. The molecular formula is C46H28N4. The van der Waals surface area contributed by atoms with Gasteiger partial charge in [-0.2, -0.15) is 0 Å². The molecule has 3 aromatic heterocycles. The molecule has 0 fully saturated rings. The third-order valence-corrected chi connectivity index (χ3v) is 10.2. The van der Waals surface area contributed by atoms with Gasteiger partial charge in [0.2, 0.25) is 0 Å². The van der Waals surface area contributed by atoms with Gasteiger partial charge in [0.1, 0.15) is 5.69 Å². The summed E-state index contributed by atoms with van der Waals surface area (Å²) in [6.45, 7) is 0. The summed E-state index contributed by atoms with van der Waals surface area (Å²) in [5.41, 5.74) is 9.29. The van der Waals surface area contributed by atoms with Crippen molar-refractivity contribution >= 4 is 76.2 Å². The van der Waals surface area contributed by atoms with Crippen molar-refractivity contribution < 1.29 is 0 Å². The molecule has 11 aromatic rings. The predicted molar refractivity (Wildman–Crippen MR) is 209 cm³/mol. The number of nitrogens with zero attached hydrogens (tertiary/aromatic N) is 4. The number of aromatic nitrogens is 4. The summed E-state index contributed by atoms with van der Waals surface area (Å²) in [5.74, 6) is 0.817. The highest BCUT2D eigenvalue weighted by molar-refractivity contribution is 6.25. The highest BCUT2D eigenvalue weighted by atomic mass is 15.1. The summed E-state index contributed by atoms with van der Waals surface area (Å²) in [6.07, 6.45) is 0. The second-order valence-electron chi connectivity index (χ2n) is 13.0. The molecule has 0 aliphatic rings. The standard InChI is InChI=1S/C46H28N4/c1-2-15-33(16-3-1)49-41-25-24-30-13-6-7-17-34(30)44(41)37-27-36-35-18-8-11-21-40(35)50(42(36)28-43(37)49)46-45(47-38-19-9-10-20-39(38)48-46)32-23-22-29-12-4-5-14-31(29)26-32/h1-28H. The Hall–Kier alpha value is -6.78. The van der Waals surface area contributed by atoms with Gasteiger partial charge in [0.05, 0.1) is 33.1 Å². The van der Waals surface area contributed by atoms with Crippen LogP contribution in [-0.4, -0.2) is 19.1 Å². The number of fused-ring (bicyclic) bond motifs is 10. The van der Waals surface area contributed by atoms with Crippen molar-refractivity contribution in [1.82, 2.24) is 19.1 Å². The number of hydrogen-bond donors (Lipinski definition) is 0. The minimum atomic E-state index is 0.817. The molecule has 4 nitrogen and oxygen atoms in total. The van der Waals surface area contributed by atoms with E-state index in [1.54, 1.807) is 0 Å². The minimum absolute atomic E-state index is 0.817. The average Bonchev–Trinajstić information content (AvgIpc) is 3.68. The Morgan fingerprint density at radius 1 is 0.360 bits per heavy atom. The van der Waals surface area contributed by atoms with Crippen LogP contribution in [0, 0.1) is 0 Å². The van der Waals surface area contributed by atoms with E-state index in [4.69, 9.17) is 9.97 Å². The van der Waals surface area contributed by atoms with Gasteiger partial charge < -0.3 is 4.57 Å². The van der Waals surface area contributed by atoms with Gasteiger partial charge in [-0.05, 0) is 76.1 Å². The van der Waals surface area contributed by atoms with E-state index < -0.39 is 0 Å². The summed E-state index contributed by atoms with van der Waals surface area (Å²) in [5, 5.41) is 9.74. The monoisotopic (exact) mass is 636 g/mol. The second-order valence-corrected chi connectivity index (χ2v) is 13.0. The molecule has 232 valence electrons. The quantitative estimate of drug-likeness (QED) is 0.193. The Morgan fingerprint density at radius 3 is 1.88 bits per heavy atom. The first kappa shape index (κ1) is 27.2. The number of rotatable bonds is 3. The van der Waals surface area contributed by atoms with E-state index in [2.05, 4.69) is 167 Å². The molecular weight excluding hydrogens is 609 g/mol. The summed E-state index contributed by atoms with van der Waals surface area (Å²) in [4.78, 5) is 10.7. The van der Waals surface area contributed by atoms with Crippen LogP contribution >= 0.6 is 0 Å². The zero-order chi connectivity index (χ0) is 32.8. The molecule has 0 atom stereocenters. The van der Waals surface area contributed by atoms with Crippen LogP contribution in [-0.2, 0) is 0 Å². The molecule has 0 N–H and O–H groups in total. The van der Waals surface area contributed by atoms with E-state index in [0.717, 1.165) is 50.3 Å². The van der Waals surface area contributed by atoms with E-state index in [1.807, 2.05) is 12.1 Å². The average molecular weight is 637 g/mol. The smallest absolute Gasteiger partial charge is 0.165 e. The highest BCUT2D eigenvalue weighted by Gasteiger charge is 2.22. The molecule has 0 radical (unpaired) electrons. The maximum Gasteiger partial charge on any atom is 0.165 e. The van der Waals surface area contributed by atoms with Crippen LogP contribution in [0.2, 0.25) is 0 Å².